The van der Waals surface area contributed by atoms with Gasteiger partial charge in [0.25, 0.3) is 0 Å². The minimum Gasteiger partial charge on any atom is -0.475 e. The molecule has 0 atom stereocenters. The van der Waals surface area contributed by atoms with Gasteiger partial charge in [0.05, 0.1) is 0 Å². The molecule has 1 aromatic carbocycles. The molecule has 1 heterocycles. The average Bonchev–Trinajstić information content (AvgIpc) is 2.67. The summed E-state index contributed by atoms with van der Waals surface area (Å²) in [6, 6.07) is 6.86. The maximum atomic E-state index is 10.8. The van der Waals surface area contributed by atoms with Gasteiger partial charge < -0.3 is 5.11 Å². The Morgan fingerprint density at radius 3 is 2.50 bits per heavy atom. The van der Waals surface area contributed by atoms with Crippen molar-refractivity contribution in [3.8, 4) is 5.69 Å². The fourth-order valence-corrected chi connectivity index (χ4v) is 1.40. The fraction of sp³-hybridized carbons (Fsp3) is 0. The zero-order valence-electron chi connectivity index (χ0n) is 8.59. The Morgan fingerprint density at radius 1 is 1.31 bits per heavy atom. The first kappa shape index (κ1) is 12.9. The topological polar surface area (TPSA) is 55.1 Å². The third-order valence-corrected chi connectivity index (χ3v) is 2.19. The number of hydrogen-bond acceptors (Lipinski definition) is 2. The maximum Gasteiger partial charge on any atom is 0.372 e. The maximum absolute atomic E-state index is 10.8. The Bertz CT molecular complexity index is 496. The Kier molecular flexibility index (Phi) is 4.19. The van der Waals surface area contributed by atoms with Gasteiger partial charge in [0.15, 0.2) is 0 Å². The summed E-state index contributed by atoms with van der Waals surface area (Å²) in [6.45, 7) is 0. The molecule has 1 radical (unpaired) electrons. The van der Waals surface area contributed by atoms with Gasteiger partial charge in [0.2, 0.25) is 5.82 Å². The SMILES string of the molecule is O=C(O)c1nccn1-c1ccc(Cl)cc1.[Li]. The van der Waals surface area contributed by atoms with Crippen LogP contribution in [0.25, 0.3) is 5.69 Å². The van der Waals surface area contributed by atoms with Crippen LogP contribution in [0.4, 0.5) is 0 Å². The van der Waals surface area contributed by atoms with Crippen molar-refractivity contribution in [3.05, 3.63) is 47.5 Å². The van der Waals surface area contributed by atoms with E-state index in [0.717, 1.165) is 0 Å². The number of imidazole rings is 1. The quantitative estimate of drug-likeness (QED) is 0.800. The number of aromatic carboxylic acids is 1. The predicted octanol–water partition coefficient (Wildman–Crippen LogP) is 1.84. The summed E-state index contributed by atoms with van der Waals surface area (Å²) in [5.74, 6) is -1.08. The molecule has 0 fully saturated rings. The molecular formula is C10H7ClLiN2O2. The van der Waals surface area contributed by atoms with Crippen LogP contribution < -0.4 is 0 Å². The van der Waals surface area contributed by atoms with Crippen LogP contribution in [0.3, 0.4) is 0 Å². The Hall–Kier alpha value is -1.21. The van der Waals surface area contributed by atoms with Crippen molar-refractivity contribution in [1.82, 2.24) is 9.55 Å². The molecule has 6 heteroatoms. The molecule has 2 aromatic rings. The molecule has 0 saturated heterocycles. The van der Waals surface area contributed by atoms with E-state index in [4.69, 9.17) is 16.7 Å². The smallest absolute Gasteiger partial charge is 0.372 e. The van der Waals surface area contributed by atoms with Crippen molar-refractivity contribution in [3.63, 3.8) is 0 Å². The van der Waals surface area contributed by atoms with Gasteiger partial charge in [-0.1, -0.05) is 11.6 Å². The summed E-state index contributed by atoms with van der Waals surface area (Å²) < 4.78 is 1.48. The number of halogens is 1. The standard InChI is InChI=1S/C10H7ClN2O2.Li/c11-7-1-3-8(4-2-7)13-6-5-12-9(13)10(14)15;/h1-6H,(H,14,15);. The number of nitrogens with zero attached hydrogens (tertiary/aromatic N) is 2. The van der Waals surface area contributed by atoms with E-state index in [1.54, 1.807) is 30.5 Å². The molecule has 4 nitrogen and oxygen atoms in total. The van der Waals surface area contributed by atoms with Crippen molar-refractivity contribution >= 4 is 36.4 Å². The van der Waals surface area contributed by atoms with Crippen molar-refractivity contribution in [1.29, 1.82) is 0 Å². The summed E-state index contributed by atoms with van der Waals surface area (Å²) in [7, 11) is 0. The van der Waals surface area contributed by atoms with Crippen molar-refractivity contribution in [2.24, 2.45) is 0 Å². The van der Waals surface area contributed by atoms with E-state index in [0.29, 0.717) is 10.7 Å². The second kappa shape index (κ2) is 5.22. The number of carbonyl (C=O) groups is 1. The number of carboxylic acids is 1. The van der Waals surface area contributed by atoms with Crippen molar-refractivity contribution in [2.75, 3.05) is 0 Å². The summed E-state index contributed by atoms with van der Waals surface area (Å²) in [5, 5.41) is 9.47. The molecule has 0 aliphatic heterocycles. The summed E-state index contributed by atoms with van der Waals surface area (Å²) in [4.78, 5) is 14.6. The van der Waals surface area contributed by atoms with Crippen LogP contribution in [0.15, 0.2) is 36.7 Å². The molecule has 2 rings (SSSR count). The van der Waals surface area contributed by atoms with Crippen LogP contribution in [0.5, 0.6) is 0 Å². The normalized spacial score (nSPS) is 9.56. The van der Waals surface area contributed by atoms with E-state index in [2.05, 4.69) is 4.98 Å². The Morgan fingerprint density at radius 2 is 1.94 bits per heavy atom. The third kappa shape index (κ3) is 2.48. The molecule has 1 N–H and O–H groups in total. The molecule has 0 amide bonds. The fourth-order valence-electron chi connectivity index (χ4n) is 1.27. The van der Waals surface area contributed by atoms with Crippen LogP contribution in [-0.2, 0) is 0 Å². The average molecular weight is 230 g/mol. The minimum atomic E-state index is -1.06. The number of hydrogen-bond donors (Lipinski definition) is 1. The van der Waals surface area contributed by atoms with E-state index < -0.39 is 5.97 Å². The summed E-state index contributed by atoms with van der Waals surface area (Å²) in [5.41, 5.74) is 0.717. The van der Waals surface area contributed by atoms with Gasteiger partial charge in [-0.15, -0.1) is 0 Å². The molecule has 0 unspecified atom stereocenters. The van der Waals surface area contributed by atoms with E-state index in [-0.39, 0.29) is 24.7 Å². The van der Waals surface area contributed by atoms with Gasteiger partial charge in [-0.2, -0.15) is 0 Å². The summed E-state index contributed by atoms with van der Waals surface area (Å²) >= 11 is 5.73. The van der Waals surface area contributed by atoms with Crippen LogP contribution in [0.1, 0.15) is 10.6 Å². The van der Waals surface area contributed by atoms with Crippen LogP contribution in [-0.4, -0.2) is 39.5 Å². The number of benzene rings is 1. The molecule has 0 saturated carbocycles. The second-order valence-electron chi connectivity index (χ2n) is 2.90. The van der Waals surface area contributed by atoms with E-state index in [1.807, 2.05) is 0 Å². The molecule has 16 heavy (non-hydrogen) atoms. The first-order valence-electron chi connectivity index (χ1n) is 4.21. The van der Waals surface area contributed by atoms with Gasteiger partial charge >= 0.3 is 5.97 Å². The third-order valence-electron chi connectivity index (χ3n) is 1.94. The molecule has 0 bridgehead atoms. The van der Waals surface area contributed by atoms with E-state index >= 15 is 0 Å². The van der Waals surface area contributed by atoms with Gasteiger partial charge in [-0.25, -0.2) is 9.78 Å². The predicted molar refractivity (Wildman–Crippen MR) is 61.3 cm³/mol. The summed E-state index contributed by atoms with van der Waals surface area (Å²) in [6.07, 6.45) is 3.03. The minimum absolute atomic E-state index is 0. The molecule has 0 aliphatic carbocycles. The first-order valence-corrected chi connectivity index (χ1v) is 4.59. The Balaban J connectivity index is 0.00000128. The van der Waals surface area contributed by atoms with Crippen LogP contribution in [0.2, 0.25) is 5.02 Å². The van der Waals surface area contributed by atoms with Gasteiger partial charge in [0, 0.05) is 42.0 Å². The zero-order chi connectivity index (χ0) is 10.8. The van der Waals surface area contributed by atoms with Crippen LogP contribution >= 0.6 is 11.6 Å². The molecule has 1 aromatic heterocycles. The number of rotatable bonds is 2. The first-order chi connectivity index (χ1) is 7.18. The largest absolute Gasteiger partial charge is 0.475 e. The molecular weight excluding hydrogens is 223 g/mol. The van der Waals surface area contributed by atoms with Crippen molar-refractivity contribution in [2.45, 2.75) is 0 Å². The van der Waals surface area contributed by atoms with E-state index in [1.165, 1.54) is 10.8 Å². The second-order valence-corrected chi connectivity index (χ2v) is 3.34. The molecule has 0 aliphatic rings. The monoisotopic (exact) mass is 229 g/mol. The van der Waals surface area contributed by atoms with E-state index in [9.17, 15) is 4.79 Å². The zero-order valence-corrected chi connectivity index (χ0v) is 9.35. The van der Waals surface area contributed by atoms with Gasteiger partial charge in [0.1, 0.15) is 0 Å². The number of aromatic nitrogens is 2. The molecule has 0 spiro atoms. The van der Waals surface area contributed by atoms with Gasteiger partial charge in [-0.3, -0.25) is 4.57 Å². The van der Waals surface area contributed by atoms with Gasteiger partial charge in [-0.05, 0) is 24.3 Å². The van der Waals surface area contributed by atoms with Crippen LogP contribution in [0, 0.1) is 0 Å². The molecule has 77 valence electrons. The van der Waals surface area contributed by atoms with Crippen molar-refractivity contribution < 1.29 is 9.90 Å². The number of carboxylic acid groups (broad SMARTS) is 1. The Labute approximate surface area is 109 Å².